The lowest BCUT2D eigenvalue weighted by Gasteiger charge is -2.13. The molecule has 2 aromatic heterocycles. The maximum Gasteiger partial charge on any atom is 0.348 e. The van der Waals surface area contributed by atoms with E-state index in [1.807, 2.05) is 0 Å². The molecule has 1 aliphatic rings. The summed E-state index contributed by atoms with van der Waals surface area (Å²) in [6.45, 7) is 0.941. The number of aromatic nitrogens is 1. The van der Waals surface area contributed by atoms with Crippen LogP contribution in [0.3, 0.4) is 0 Å². The number of amides is 1. The number of ether oxygens (including phenoxy) is 1. The van der Waals surface area contributed by atoms with E-state index in [1.54, 1.807) is 11.0 Å². The maximum atomic E-state index is 12.3. The van der Waals surface area contributed by atoms with E-state index in [-0.39, 0.29) is 22.0 Å². The molecule has 0 saturated carbocycles. The number of nitro groups is 1. The fourth-order valence-corrected chi connectivity index (χ4v) is 4.24. The monoisotopic (exact) mass is 427 g/mol. The average Bonchev–Trinajstić information content (AvgIpc) is 3.50. The van der Waals surface area contributed by atoms with Gasteiger partial charge in [-0.25, -0.2) is 4.79 Å². The Labute approximate surface area is 174 Å². The third kappa shape index (κ3) is 3.94. The number of Topliss-reactive ketones (excluding diaryl/α,β-unsaturated/α-hetero) is 1. The number of aromatic amines is 1. The van der Waals surface area contributed by atoms with Crippen LogP contribution in [-0.2, 0) is 4.74 Å². The minimum absolute atomic E-state index is 0.0675. The Bertz CT molecular complexity index is 1160. The first-order valence-electron chi connectivity index (χ1n) is 9.28. The normalized spacial score (nSPS) is 13.5. The summed E-state index contributed by atoms with van der Waals surface area (Å²) in [6.07, 6.45) is 3.37. The molecular weight excluding hydrogens is 410 g/mol. The Kier molecular flexibility index (Phi) is 5.32. The highest BCUT2D eigenvalue weighted by molar-refractivity contribution is 7.20. The van der Waals surface area contributed by atoms with E-state index in [0.29, 0.717) is 28.9 Å². The Morgan fingerprint density at radius 2 is 1.93 bits per heavy atom. The number of nitrogens with zero attached hydrogens (tertiary/aromatic N) is 2. The van der Waals surface area contributed by atoms with Crippen LogP contribution in [0, 0.1) is 10.1 Å². The molecule has 1 saturated heterocycles. The van der Waals surface area contributed by atoms with Gasteiger partial charge >= 0.3 is 5.97 Å². The number of likely N-dealkylation sites (tertiary alicyclic amines) is 1. The van der Waals surface area contributed by atoms with Gasteiger partial charge in [0.15, 0.2) is 6.61 Å². The van der Waals surface area contributed by atoms with Gasteiger partial charge < -0.3 is 14.6 Å². The number of ketones is 1. The van der Waals surface area contributed by atoms with Crippen molar-refractivity contribution in [2.45, 2.75) is 12.8 Å². The topological polar surface area (TPSA) is 123 Å². The number of carbonyl (C=O) groups excluding carboxylic acids is 3. The van der Waals surface area contributed by atoms with Crippen molar-refractivity contribution in [3.05, 3.63) is 62.8 Å². The zero-order valence-electron chi connectivity index (χ0n) is 15.8. The van der Waals surface area contributed by atoms with Crippen LogP contribution in [0.4, 0.5) is 5.69 Å². The second-order valence-electron chi connectivity index (χ2n) is 6.89. The zero-order valence-corrected chi connectivity index (χ0v) is 16.6. The number of nitrogens with one attached hydrogen (secondary N) is 1. The van der Waals surface area contributed by atoms with Gasteiger partial charge in [-0.1, -0.05) is 0 Å². The number of rotatable bonds is 6. The molecular formula is C20H17N3O6S. The number of nitro benzene ring substituents is 1. The van der Waals surface area contributed by atoms with Crippen molar-refractivity contribution in [1.29, 1.82) is 0 Å². The van der Waals surface area contributed by atoms with E-state index in [2.05, 4.69) is 4.98 Å². The van der Waals surface area contributed by atoms with Gasteiger partial charge in [0.1, 0.15) is 10.6 Å². The van der Waals surface area contributed by atoms with E-state index >= 15 is 0 Å². The van der Waals surface area contributed by atoms with Crippen molar-refractivity contribution in [3.63, 3.8) is 0 Å². The molecule has 10 heteroatoms. The predicted octanol–water partition coefficient (Wildman–Crippen LogP) is 3.41. The minimum Gasteiger partial charge on any atom is -0.453 e. The third-order valence-corrected chi connectivity index (χ3v) is 5.97. The van der Waals surface area contributed by atoms with E-state index in [0.717, 1.165) is 24.2 Å². The summed E-state index contributed by atoms with van der Waals surface area (Å²) in [4.78, 5) is 52.1. The molecule has 1 N–H and O–H groups in total. The van der Waals surface area contributed by atoms with Crippen LogP contribution in [0.2, 0.25) is 0 Å². The summed E-state index contributed by atoms with van der Waals surface area (Å²) >= 11 is 1.13. The standard InChI is InChI=1S/C20H17N3O6S/c24-16(13-8-15(21-10-13)19(25)22-5-1-2-6-22)11-29-20(26)18-9-12-7-14(23(27)28)3-4-17(12)30-18/h3-4,7-10,21H,1-2,5-6,11H2. The van der Waals surface area contributed by atoms with E-state index < -0.39 is 23.3 Å². The molecule has 0 radical (unpaired) electrons. The van der Waals surface area contributed by atoms with Crippen LogP contribution < -0.4 is 0 Å². The molecule has 1 aliphatic heterocycles. The van der Waals surface area contributed by atoms with Gasteiger partial charge in [-0.2, -0.15) is 0 Å². The summed E-state index contributed by atoms with van der Waals surface area (Å²) in [5.41, 5.74) is 0.525. The summed E-state index contributed by atoms with van der Waals surface area (Å²) in [6, 6.07) is 7.29. The largest absolute Gasteiger partial charge is 0.453 e. The molecule has 0 aliphatic carbocycles. The number of non-ortho nitro benzene ring substituents is 1. The molecule has 0 unspecified atom stereocenters. The Morgan fingerprint density at radius 1 is 1.17 bits per heavy atom. The second kappa shape index (κ2) is 8.07. The van der Waals surface area contributed by atoms with Crippen molar-refractivity contribution < 1.29 is 24.0 Å². The molecule has 3 heterocycles. The lowest BCUT2D eigenvalue weighted by atomic mass is 10.2. The summed E-state index contributed by atoms with van der Waals surface area (Å²) < 4.78 is 5.80. The van der Waals surface area contributed by atoms with Gasteiger partial charge in [0.2, 0.25) is 5.78 Å². The number of H-pyrrole nitrogens is 1. The number of benzene rings is 1. The molecule has 1 fully saturated rings. The maximum absolute atomic E-state index is 12.3. The molecule has 3 aromatic rings. The summed E-state index contributed by atoms with van der Waals surface area (Å²) in [7, 11) is 0. The van der Waals surface area contributed by atoms with Crippen LogP contribution in [-0.4, -0.2) is 52.2 Å². The van der Waals surface area contributed by atoms with E-state index in [1.165, 1.54) is 30.5 Å². The Hall–Kier alpha value is -3.53. The fourth-order valence-electron chi connectivity index (χ4n) is 3.30. The van der Waals surface area contributed by atoms with Crippen LogP contribution in [0.1, 0.15) is 43.4 Å². The van der Waals surface area contributed by atoms with Gasteiger partial charge in [0.25, 0.3) is 11.6 Å². The lowest BCUT2D eigenvalue weighted by Crippen LogP contribution is -2.27. The Balaban J connectivity index is 1.39. The molecule has 0 atom stereocenters. The molecule has 1 amide bonds. The van der Waals surface area contributed by atoms with Gasteiger partial charge in [-0.05, 0) is 31.0 Å². The first-order valence-corrected chi connectivity index (χ1v) is 10.1. The molecule has 154 valence electrons. The van der Waals surface area contributed by atoms with Gasteiger partial charge in [0, 0.05) is 47.1 Å². The second-order valence-corrected chi connectivity index (χ2v) is 7.97. The van der Waals surface area contributed by atoms with Crippen molar-refractivity contribution in [1.82, 2.24) is 9.88 Å². The number of hydrogen-bond donors (Lipinski definition) is 1. The van der Waals surface area contributed by atoms with E-state index in [4.69, 9.17) is 4.74 Å². The first kappa shape index (κ1) is 19.8. The van der Waals surface area contributed by atoms with Crippen molar-refractivity contribution in [2.75, 3.05) is 19.7 Å². The molecule has 0 spiro atoms. The molecule has 1 aromatic carbocycles. The smallest absolute Gasteiger partial charge is 0.348 e. The highest BCUT2D eigenvalue weighted by Gasteiger charge is 2.22. The lowest BCUT2D eigenvalue weighted by molar-refractivity contribution is -0.384. The zero-order chi connectivity index (χ0) is 21.3. The summed E-state index contributed by atoms with van der Waals surface area (Å²) in [5, 5.41) is 11.4. The number of thiophene rings is 1. The van der Waals surface area contributed by atoms with Crippen LogP contribution in [0.25, 0.3) is 10.1 Å². The average molecular weight is 427 g/mol. The first-order chi connectivity index (χ1) is 14.4. The number of fused-ring (bicyclic) bond motifs is 1. The van der Waals surface area contributed by atoms with Crippen molar-refractivity contribution in [3.8, 4) is 0 Å². The fraction of sp³-hybridized carbons (Fsp3) is 0.250. The van der Waals surface area contributed by atoms with E-state index in [9.17, 15) is 24.5 Å². The van der Waals surface area contributed by atoms with Crippen LogP contribution in [0.5, 0.6) is 0 Å². The SMILES string of the molecule is O=C(COC(=O)c1cc2cc([N+](=O)[O-])ccc2s1)c1c[nH]c(C(=O)N2CCCC2)c1. The van der Waals surface area contributed by atoms with Gasteiger partial charge in [-0.3, -0.25) is 19.7 Å². The molecule has 9 nitrogen and oxygen atoms in total. The molecule has 4 rings (SSSR count). The van der Waals surface area contributed by atoms with Crippen molar-refractivity contribution >= 4 is 44.8 Å². The number of esters is 1. The van der Waals surface area contributed by atoms with Gasteiger partial charge in [0.05, 0.1) is 4.92 Å². The summed E-state index contributed by atoms with van der Waals surface area (Å²) in [5.74, 6) is -1.27. The van der Waals surface area contributed by atoms with Crippen molar-refractivity contribution in [2.24, 2.45) is 0 Å². The minimum atomic E-state index is -0.684. The molecule has 0 bridgehead atoms. The molecule has 30 heavy (non-hydrogen) atoms. The van der Waals surface area contributed by atoms with Gasteiger partial charge in [-0.15, -0.1) is 11.3 Å². The third-order valence-electron chi connectivity index (χ3n) is 4.87. The number of hydrogen-bond acceptors (Lipinski definition) is 7. The highest BCUT2D eigenvalue weighted by Crippen LogP contribution is 2.29. The highest BCUT2D eigenvalue weighted by atomic mass is 32.1. The number of carbonyl (C=O) groups is 3. The predicted molar refractivity (Wildman–Crippen MR) is 109 cm³/mol. The quantitative estimate of drug-likeness (QED) is 0.278. The van der Waals surface area contributed by atoms with Crippen LogP contribution in [0.15, 0.2) is 36.5 Å². The van der Waals surface area contributed by atoms with Crippen LogP contribution >= 0.6 is 11.3 Å². The Morgan fingerprint density at radius 3 is 2.67 bits per heavy atom.